The van der Waals surface area contributed by atoms with Crippen molar-refractivity contribution in [1.82, 2.24) is 4.98 Å². The Morgan fingerprint density at radius 1 is 0.472 bits per heavy atom. The normalized spacial score (nSPS) is 13.2. The average molecular weight is 692 g/mol. The molecule has 53 heavy (non-hydrogen) atoms. The van der Waals surface area contributed by atoms with Crippen molar-refractivity contribution in [2.75, 3.05) is 0 Å². The maximum absolute atomic E-state index is 5.15. The number of aromatic nitrogens is 1. The lowest BCUT2D eigenvalue weighted by atomic mass is 9.88. The van der Waals surface area contributed by atoms with E-state index in [1.54, 1.807) is 0 Å². The molecule has 0 saturated heterocycles. The van der Waals surface area contributed by atoms with Crippen LogP contribution in [0.25, 0.3) is 92.3 Å². The molecule has 0 amide bonds. The number of pyridine rings is 1. The minimum atomic E-state index is 0.909. The second-order valence-electron chi connectivity index (χ2n) is 14.2. The molecule has 0 saturated carbocycles. The van der Waals surface area contributed by atoms with Gasteiger partial charge in [0.1, 0.15) is 0 Å². The highest BCUT2D eigenvalue weighted by atomic mass is 32.1. The molecule has 0 spiro atoms. The summed E-state index contributed by atoms with van der Waals surface area (Å²) in [7, 11) is 0. The van der Waals surface area contributed by atoms with Crippen molar-refractivity contribution in [3.05, 3.63) is 193 Å². The van der Waals surface area contributed by atoms with Crippen LogP contribution in [0.4, 0.5) is 0 Å². The van der Waals surface area contributed by atoms with Gasteiger partial charge in [-0.05, 0) is 110 Å². The zero-order valence-electron chi connectivity index (χ0n) is 29.0. The fourth-order valence-corrected chi connectivity index (χ4v) is 9.88. The first kappa shape index (κ1) is 30.3. The highest BCUT2D eigenvalue weighted by molar-refractivity contribution is 7.26. The topological polar surface area (TPSA) is 12.9 Å². The van der Waals surface area contributed by atoms with Gasteiger partial charge in [0.25, 0.3) is 0 Å². The van der Waals surface area contributed by atoms with Crippen LogP contribution in [-0.4, -0.2) is 4.98 Å². The van der Waals surface area contributed by atoms with Crippen LogP contribution in [0.1, 0.15) is 23.2 Å². The van der Waals surface area contributed by atoms with Crippen LogP contribution in [-0.2, 0) is 6.42 Å². The molecule has 0 radical (unpaired) electrons. The van der Waals surface area contributed by atoms with Gasteiger partial charge in [-0.15, -0.1) is 11.3 Å². The molecule has 0 N–H and O–H groups in total. The molecular weight excluding hydrogens is 659 g/mol. The summed E-state index contributed by atoms with van der Waals surface area (Å²) in [6.45, 7) is 0. The standard InChI is InChI=1S/C51H33NS/c1-2-13-32(14-3-1)47-29-37(30-48(52-47)33-15-4-5-16-33)34-17-10-18-35(27-34)44-31-46-45(39-21-7-6-20-38(39)44)28-36-19-11-23-41(50(36)46)43-25-12-24-42-40-22-8-9-26-49(40)53-51(42)43/h1-15,17-27,29-31H,16,28H2. The molecule has 0 unspecified atom stereocenters. The molecule has 7 aromatic carbocycles. The van der Waals surface area contributed by atoms with E-state index in [-0.39, 0.29) is 0 Å². The molecule has 2 aliphatic rings. The van der Waals surface area contributed by atoms with E-state index < -0.39 is 0 Å². The summed E-state index contributed by atoms with van der Waals surface area (Å²) in [6.07, 6.45) is 8.39. The van der Waals surface area contributed by atoms with Crippen molar-refractivity contribution < 1.29 is 0 Å². The quantitative estimate of drug-likeness (QED) is 0.175. The molecule has 0 aliphatic heterocycles. The van der Waals surface area contributed by atoms with E-state index in [4.69, 9.17) is 4.98 Å². The lowest BCUT2D eigenvalue weighted by molar-refractivity contribution is 1.25. The SMILES string of the molecule is C1=CCC(c2cc(-c3cccc(-c4cc5c(c6ccccc46)Cc4cccc(-c6cccc7c6sc6ccccc67)c4-5)c3)cc(-c3ccccc3)n2)=C1. The Bertz CT molecular complexity index is 3000. The van der Waals surface area contributed by atoms with Gasteiger partial charge >= 0.3 is 0 Å². The predicted molar refractivity (Wildman–Crippen MR) is 226 cm³/mol. The van der Waals surface area contributed by atoms with Crippen LogP contribution in [0.3, 0.4) is 0 Å². The van der Waals surface area contributed by atoms with E-state index in [0.717, 1.165) is 29.8 Å². The first-order valence-electron chi connectivity index (χ1n) is 18.4. The summed E-state index contributed by atoms with van der Waals surface area (Å²) in [4.78, 5) is 5.15. The van der Waals surface area contributed by atoms with Crippen molar-refractivity contribution in [3.63, 3.8) is 0 Å². The number of hydrogen-bond donors (Lipinski definition) is 0. The monoisotopic (exact) mass is 691 g/mol. The molecule has 11 rings (SSSR count). The minimum Gasteiger partial charge on any atom is -0.248 e. The van der Waals surface area contributed by atoms with Crippen LogP contribution in [0.15, 0.2) is 176 Å². The van der Waals surface area contributed by atoms with E-state index in [2.05, 4.69) is 176 Å². The molecule has 0 bridgehead atoms. The first-order valence-corrected chi connectivity index (χ1v) is 19.2. The Labute approximate surface area is 312 Å². The third-order valence-corrected chi connectivity index (χ3v) is 12.4. The molecule has 9 aromatic rings. The number of hydrogen-bond acceptors (Lipinski definition) is 2. The molecular formula is C51H33NS. The summed E-state index contributed by atoms with van der Waals surface area (Å²) >= 11 is 1.91. The molecule has 2 aliphatic carbocycles. The van der Waals surface area contributed by atoms with Gasteiger partial charge in [-0.3, -0.25) is 0 Å². The Morgan fingerprint density at radius 2 is 1.19 bits per heavy atom. The number of thiophene rings is 1. The van der Waals surface area contributed by atoms with Gasteiger partial charge in [-0.1, -0.05) is 146 Å². The van der Waals surface area contributed by atoms with Crippen molar-refractivity contribution in [2.24, 2.45) is 0 Å². The van der Waals surface area contributed by atoms with Gasteiger partial charge < -0.3 is 0 Å². The van der Waals surface area contributed by atoms with Gasteiger partial charge in [-0.2, -0.15) is 0 Å². The third kappa shape index (κ3) is 4.94. The van der Waals surface area contributed by atoms with E-state index in [1.807, 2.05) is 11.3 Å². The van der Waals surface area contributed by atoms with E-state index in [9.17, 15) is 0 Å². The highest BCUT2D eigenvalue weighted by Crippen LogP contribution is 2.50. The summed E-state index contributed by atoms with van der Waals surface area (Å²) in [5.41, 5.74) is 17.5. The molecule has 2 heteroatoms. The number of benzene rings is 7. The van der Waals surface area contributed by atoms with Crippen LogP contribution in [0.5, 0.6) is 0 Å². The highest BCUT2D eigenvalue weighted by Gasteiger charge is 2.26. The van der Waals surface area contributed by atoms with E-state index in [0.29, 0.717) is 0 Å². The van der Waals surface area contributed by atoms with E-state index >= 15 is 0 Å². The fraction of sp³-hybridized carbons (Fsp3) is 0.0392. The largest absolute Gasteiger partial charge is 0.248 e. The Balaban J connectivity index is 1.09. The van der Waals surface area contributed by atoms with Gasteiger partial charge in [0, 0.05) is 31.3 Å². The smallest absolute Gasteiger partial charge is 0.0715 e. The summed E-state index contributed by atoms with van der Waals surface area (Å²) in [5.74, 6) is 0. The lowest BCUT2D eigenvalue weighted by Gasteiger charge is -2.16. The zero-order chi connectivity index (χ0) is 34.9. The number of fused-ring (bicyclic) bond motifs is 8. The van der Waals surface area contributed by atoms with Crippen LogP contribution < -0.4 is 0 Å². The van der Waals surface area contributed by atoms with Crippen LogP contribution in [0.2, 0.25) is 0 Å². The Kier molecular flexibility index (Phi) is 6.93. The number of allylic oxidation sites excluding steroid dienone is 4. The minimum absolute atomic E-state index is 0.909. The zero-order valence-corrected chi connectivity index (χ0v) is 29.8. The molecule has 2 aromatic heterocycles. The van der Waals surface area contributed by atoms with Crippen molar-refractivity contribution in [1.29, 1.82) is 0 Å². The van der Waals surface area contributed by atoms with Crippen molar-refractivity contribution in [2.45, 2.75) is 12.8 Å². The second-order valence-corrected chi connectivity index (χ2v) is 15.2. The predicted octanol–water partition coefficient (Wildman–Crippen LogP) is 14.2. The maximum atomic E-state index is 5.15. The first-order chi connectivity index (χ1) is 26.3. The number of rotatable bonds is 5. The molecule has 2 heterocycles. The third-order valence-electron chi connectivity index (χ3n) is 11.1. The lowest BCUT2D eigenvalue weighted by Crippen LogP contribution is -1.94. The molecule has 1 nitrogen and oxygen atoms in total. The molecule has 0 fully saturated rings. The van der Waals surface area contributed by atoms with Crippen molar-refractivity contribution >= 4 is 47.9 Å². The molecule has 248 valence electrons. The second kappa shape index (κ2) is 12.1. The van der Waals surface area contributed by atoms with Crippen LogP contribution in [0, 0.1) is 0 Å². The maximum Gasteiger partial charge on any atom is 0.0715 e. The summed E-state index contributed by atoms with van der Waals surface area (Å²) in [5, 5.41) is 5.31. The number of nitrogens with zero attached hydrogens (tertiary/aromatic N) is 1. The summed E-state index contributed by atoms with van der Waals surface area (Å²) in [6, 6.07) is 58.2. The van der Waals surface area contributed by atoms with Gasteiger partial charge in [0.15, 0.2) is 0 Å². The van der Waals surface area contributed by atoms with Gasteiger partial charge in [0.2, 0.25) is 0 Å². The summed E-state index contributed by atoms with van der Waals surface area (Å²) < 4.78 is 2.70. The van der Waals surface area contributed by atoms with Gasteiger partial charge in [0.05, 0.1) is 11.4 Å². The Morgan fingerprint density at radius 3 is 2.08 bits per heavy atom. The van der Waals surface area contributed by atoms with Crippen molar-refractivity contribution in [3.8, 4) is 55.8 Å². The van der Waals surface area contributed by atoms with Gasteiger partial charge in [-0.25, -0.2) is 4.98 Å². The van der Waals surface area contributed by atoms with Crippen LogP contribution >= 0.6 is 11.3 Å². The Hall–Kier alpha value is -6.35. The van der Waals surface area contributed by atoms with E-state index in [1.165, 1.54) is 92.2 Å². The average Bonchev–Trinajstić information content (AvgIpc) is 3.99. The fourth-order valence-electron chi connectivity index (χ4n) is 8.65. The molecule has 0 atom stereocenters.